The number of aromatic nitrogens is 2. The molecule has 0 unspecified atom stereocenters. The smallest absolute Gasteiger partial charge is 0.329 e. The van der Waals surface area contributed by atoms with Crippen molar-refractivity contribution in [2.24, 2.45) is 0 Å². The van der Waals surface area contributed by atoms with E-state index in [-0.39, 0.29) is 12.0 Å². The number of aliphatic hydroxyl groups excluding tert-OH is 2. The molecule has 1 aromatic heterocycles. The molecule has 0 radical (unpaired) electrons. The Kier molecular flexibility index (Phi) is 4.91. The SMILES string of the molecule is Cc1cn([C@H]2C[C@H](O)[C@](CO)(Sc3ccccc3)S2)c(=O)[nH]c1=O. The van der Waals surface area contributed by atoms with Gasteiger partial charge in [-0.2, -0.15) is 0 Å². The maximum absolute atomic E-state index is 12.1. The number of benzene rings is 1. The van der Waals surface area contributed by atoms with E-state index in [1.807, 2.05) is 30.3 Å². The second-order valence-electron chi connectivity index (χ2n) is 5.69. The summed E-state index contributed by atoms with van der Waals surface area (Å²) < 4.78 is 0.573. The lowest BCUT2D eigenvalue weighted by molar-refractivity contribution is 0.126. The van der Waals surface area contributed by atoms with Crippen LogP contribution in [0.2, 0.25) is 0 Å². The minimum atomic E-state index is -0.852. The van der Waals surface area contributed by atoms with Crippen LogP contribution in [-0.4, -0.2) is 36.6 Å². The Balaban J connectivity index is 1.92. The number of H-pyrrole nitrogens is 1. The average molecular weight is 366 g/mol. The molecule has 128 valence electrons. The van der Waals surface area contributed by atoms with Gasteiger partial charge in [0.2, 0.25) is 0 Å². The fraction of sp³-hybridized carbons (Fsp3) is 0.375. The Labute approximate surface area is 146 Å². The molecule has 1 aromatic carbocycles. The number of nitrogens with zero attached hydrogens (tertiary/aromatic N) is 1. The second-order valence-corrected chi connectivity index (χ2v) is 8.86. The van der Waals surface area contributed by atoms with Crippen molar-refractivity contribution < 1.29 is 10.2 Å². The Hall–Kier alpha value is -1.48. The first-order valence-corrected chi connectivity index (χ1v) is 9.17. The molecule has 0 spiro atoms. The molecule has 8 heteroatoms. The highest BCUT2D eigenvalue weighted by Crippen LogP contribution is 2.56. The third kappa shape index (κ3) is 3.19. The van der Waals surface area contributed by atoms with Crippen LogP contribution >= 0.6 is 23.5 Å². The molecular weight excluding hydrogens is 348 g/mol. The number of nitrogens with one attached hydrogen (secondary N) is 1. The van der Waals surface area contributed by atoms with Gasteiger partial charge in [-0.05, 0) is 19.1 Å². The summed E-state index contributed by atoms with van der Waals surface area (Å²) in [5, 5.41) is 20.1. The Bertz CT molecular complexity index is 836. The van der Waals surface area contributed by atoms with Crippen molar-refractivity contribution in [3.05, 3.63) is 62.9 Å². The molecule has 3 rings (SSSR count). The zero-order chi connectivity index (χ0) is 17.3. The second kappa shape index (κ2) is 6.79. The zero-order valence-electron chi connectivity index (χ0n) is 13.0. The van der Waals surface area contributed by atoms with Crippen LogP contribution in [0.15, 0.2) is 51.0 Å². The van der Waals surface area contributed by atoms with Crippen LogP contribution in [0, 0.1) is 6.92 Å². The highest BCUT2D eigenvalue weighted by molar-refractivity contribution is 8.18. The Morgan fingerprint density at radius 1 is 1.38 bits per heavy atom. The summed E-state index contributed by atoms with van der Waals surface area (Å²) in [5.74, 6) is 0. The molecule has 2 heterocycles. The molecule has 1 saturated heterocycles. The predicted octanol–water partition coefficient (Wildman–Crippen LogP) is 1.32. The van der Waals surface area contributed by atoms with Crippen molar-refractivity contribution >= 4 is 23.5 Å². The summed E-state index contributed by atoms with van der Waals surface area (Å²) in [5.41, 5.74) is -0.484. The highest BCUT2D eigenvalue weighted by Gasteiger charge is 2.49. The number of aromatic amines is 1. The molecule has 3 atom stereocenters. The van der Waals surface area contributed by atoms with Gasteiger partial charge in [0.15, 0.2) is 0 Å². The Morgan fingerprint density at radius 3 is 2.75 bits per heavy atom. The van der Waals surface area contributed by atoms with E-state index in [1.54, 1.807) is 6.92 Å². The molecule has 0 saturated carbocycles. The third-order valence-electron chi connectivity index (χ3n) is 3.98. The molecule has 1 aliphatic rings. The monoisotopic (exact) mass is 366 g/mol. The van der Waals surface area contributed by atoms with Crippen molar-refractivity contribution in [3.8, 4) is 0 Å². The van der Waals surface area contributed by atoms with Crippen molar-refractivity contribution in [1.29, 1.82) is 0 Å². The van der Waals surface area contributed by atoms with E-state index < -0.39 is 21.4 Å². The number of aliphatic hydroxyl groups is 2. The topological polar surface area (TPSA) is 95.3 Å². The molecule has 0 bridgehead atoms. The van der Waals surface area contributed by atoms with Crippen LogP contribution in [0.3, 0.4) is 0 Å². The fourth-order valence-corrected chi connectivity index (χ4v) is 5.79. The Morgan fingerprint density at radius 2 is 2.08 bits per heavy atom. The minimum absolute atomic E-state index is 0.230. The minimum Gasteiger partial charge on any atom is -0.394 e. The van der Waals surface area contributed by atoms with E-state index in [4.69, 9.17) is 0 Å². The van der Waals surface area contributed by atoms with Crippen molar-refractivity contribution in [3.63, 3.8) is 0 Å². The lowest BCUT2D eigenvalue weighted by Crippen LogP contribution is -2.34. The molecule has 2 aromatic rings. The summed E-state index contributed by atoms with van der Waals surface area (Å²) in [6, 6.07) is 9.52. The van der Waals surface area contributed by atoms with Crippen molar-refractivity contribution in [2.45, 2.75) is 33.8 Å². The van der Waals surface area contributed by atoms with Crippen LogP contribution < -0.4 is 11.2 Å². The summed E-state index contributed by atoms with van der Waals surface area (Å²) in [6.45, 7) is 1.40. The molecule has 0 amide bonds. The molecule has 3 N–H and O–H groups in total. The number of hydrogen-bond donors (Lipinski definition) is 3. The standard InChI is InChI=1S/C16H18N2O4S2/c1-10-8-18(15(22)17-14(10)21)13-7-12(20)16(9-19,24-13)23-11-5-3-2-4-6-11/h2-6,8,12-13,19-20H,7,9H2,1H3,(H,17,21,22)/t12-,13+,16+/m0/s1. The lowest BCUT2D eigenvalue weighted by Gasteiger charge is -2.29. The van der Waals surface area contributed by atoms with Gasteiger partial charge < -0.3 is 10.2 Å². The van der Waals surface area contributed by atoms with E-state index in [2.05, 4.69) is 4.98 Å². The first-order chi connectivity index (χ1) is 11.4. The normalized spacial score (nSPS) is 26.6. The van der Waals surface area contributed by atoms with Crippen LogP contribution in [0.25, 0.3) is 0 Å². The van der Waals surface area contributed by atoms with Gasteiger partial charge in [0, 0.05) is 23.1 Å². The average Bonchev–Trinajstić information content (AvgIpc) is 2.89. The van der Waals surface area contributed by atoms with Gasteiger partial charge >= 0.3 is 5.69 Å². The van der Waals surface area contributed by atoms with Crippen LogP contribution in [0.1, 0.15) is 17.4 Å². The van der Waals surface area contributed by atoms with Crippen LogP contribution in [-0.2, 0) is 0 Å². The van der Waals surface area contributed by atoms with Gasteiger partial charge in [0.05, 0.1) is 18.1 Å². The maximum atomic E-state index is 12.1. The quantitative estimate of drug-likeness (QED) is 0.755. The highest BCUT2D eigenvalue weighted by atomic mass is 32.2. The van der Waals surface area contributed by atoms with Gasteiger partial charge in [0.1, 0.15) is 4.08 Å². The van der Waals surface area contributed by atoms with Gasteiger partial charge in [-0.1, -0.05) is 18.2 Å². The van der Waals surface area contributed by atoms with Crippen LogP contribution in [0.4, 0.5) is 0 Å². The molecule has 24 heavy (non-hydrogen) atoms. The molecule has 0 aliphatic carbocycles. The maximum Gasteiger partial charge on any atom is 0.329 e. The molecular formula is C16H18N2O4S2. The van der Waals surface area contributed by atoms with E-state index in [1.165, 1.54) is 34.3 Å². The number of aryl methyl sites for hydroxylation is 1. The summed E-state index contributed by atoms with van der Waals surface area (Å²) in [7, 11) is 0. The van der Waals surface area contributed by atoms with Gasteiger partial charge in [-0.15, -0.1) is 23.5 Å². The summed E-state index contributed by atoms with van der Waals surface area (Å²) in [4.78, 5) is 26.8. The van der Waals surface area contributed by atoms with Crippen molar-refractivity contribution in [1.82, 2.24) is 9.55 Å². The number of rotatable bonds is 4. The third-order valence-corrected chi connectivity index (χ3v) is 7.26. The summed E-state index contributed by atoms with van der Waals surface area (Å²) >= 11 is 2.74. The molecule has 6 nitrogen and oxygen atoms in total. The van der Waals surface area contributed by atoms with Gasteiger partial charge in [-0.25, -0.2) is 4.79 Å². The van der Waals surface area contributed by atoms with Crippen molar-refractivity contribution in [2.75, 3.05) is 6.61 Å². The first-order valence-electron chi connectivity index (χ1n) is 7.48. The van der Waals surface area contributed by atoms with E-state index >= 15 is 0 Å². The molecule has 1 aliphatic heterocycles. The molecule has 1 fully saturated rings. The number of hydrogen-bond acceptors (Lipinski definition) is 6. The largest absolute Gasteiger partial charge is 0.394 e. The van der Waals surface area contributed by atoms with Crippen LogP contribution in [0.5, 0.6) is 0 Å². The lowest BCUT2D eigenvalue weighted by atomic mass is 10.2. The summed E-state index contributed by atoms with van der Waals surface area (Å²) in [6.07, 6.45) is 1.03. The first kappa shape index (κ1) is 17.3. The van der Waals surface area contributed by atoms with E-state index in [0.717, 1.165) is 4.90 Å². The fourth-order valence-electron chi connectivity index (χ4n) is 2.65. The van der Waals surface area contributed by atoms with Gasteiger partial charge in [-0.3, -0.25) is 14.3 Å². The number of thioether (sulfide) groups is 2. The predicted molar refractivity (Wildman–Crippen MR) is 95.4 cm³/mol. The van der Waals surface area contributed by atoms with E-state index in [9.17, 15) is 19.8 Å². The van der Waals surface area contributed by atoms with Gasteiger partial charge in [0.25, 0.3) is 5.56 Å². The van der Waals surface area contributed by atoms with E-state index in [0.29, 0.717) is 12.0 Å². The zero-order valence-corrected chi connectivity index (χ0v) is 14.6.